The maximum Gasteiger partial charge on any atom is 0.0795 e. The molecule has 1 aliphatic carbocycles. The molecule has 0 unspecified atom stereocenters. The van der Waals surface area contributed by atoms with Crippen molar-refractivity contribution in [2.75, 3.05) is 5.73 Å². The Bertz CT molecular complexity index is 2240. The van der Waals surface area contributed by atoms with Gasteiger partial charge in [-0.2, -0.15) is 0 Å². The summed E-state index contributed by atoms with van der Waals surface area (Å²) in [6.45, 7) is 0. The third-order valence-corrected chi connectivity index (χ3v) is 8.02. The Kier molecular flexibility index (Phi) is 7.26. The number of benzene rings is 5. The summed E-state index contributed by atoms with van der Waals surface area (Å²) in [6, 6.07) is 39.0. The summed E-state index contributed by atoms with van der Waals surface area (Å²) >= 11 is 0. The maximum absolute atomic E-state index is 8.18. The van der Waals surface area contributed by atoms with Gasteiger partial charge in [-0.05, 0) is 91.9 Å². The van der Waals surface area contributed by atoms with E-state index in [1.165, 1.54) is 5.56 Å². The summed E-state index contributed by atoms with van der Waals surface area (Å²) < 4.78 is 0. The minimum absolute atomic E-state index is 0.235. The number of nitrogen functional groups attached to an aromatic ring is 1. The fourth-order valence-corrected chi connectivity index (χ4v) is 5.87. The van der Waals surface area contributed by atoms with Crippen LogP contribution in [0.4, 0.5) is 5.69 Å². The first-order valence-corrected chi connectivity index (χ1v) is 14.7. The smallest absolute Gasteiger partial charge is 0.0795 e. The van der Waals surface area contributed by atoms with Crippen molar-refractivity contribution in [1.82, 2.24) is 9.97 Å². The van der Waals surface area contributed by atoms with Gasteiger partial charge in [0, 0.05) is 35.2 Å². The lowest BCUT2D eigenvalue weighted by Crippen LogP contribution is -2.10. The van der Waals surface area contributed by atoms with Gasteiger partial charge in [-0.25, -0.2) is 0 Å². The van der Waals surface area contributed by atoms with E-state index in [1.54, 1.807) is 18.3 Å². The van der Waals surface area contributed by atoms with Crippen LogP contribution in [0.25, 0.3) is 60.3 Å². The monoisotopic (exact) mass is 579 g/mol. The Balaban J connectivity index is 0.000000209. The molecule has 5 heteroatoms. The van der Waals surface area contributed by atoms with Crippen LogP contribution in [0.15, 0.2) is 152 Å². The highest BCUT2D eigenvalue weighted by Crippen LogP contribution is 2.42. The first kappa shape index (κ1) is 27.6. The number of anilines is 1. The third-order valence-electron chi connectivity index (χ3n) is 8.02. The van der Waals surface area contributed by atoms with Gasteiger partial charge in [0.05, 0.1) is 16.9 Å². The number of allylic oxidation sites excluding steroid dienone is 4. The van der Waals surface area contributed by atoms with Gasteiger partial charge in [0.2, 0.25) is 0 Å². The molecule has 8 rings (SSSR count). The van der Waals surface area contributed by atoms with Crippen LogP contribution < -0.4 is 5.73 Å². The Labute approximate surface area is 261 Å². The van der Waals surface area contributed by atoms with Gasteiger partial charge < -0.3 is 5.73 Å². The molecule has 0 aliphatic heterocycles. The number of nitrogens with one attached hydrogen (secondary N) is 2. The Morgan fingerprint density at radius 3 is 1.82 bits per heavy atom. The van der Waals surface area contributed by atoms with Crippen LogP contribution in [0.3, 0.4) is 0 Å². The summed E-state index contributed by atoms with van der Waals surface area (Å²) in [4.78, 5) is 8.78. The zero-order valence-electron chi connectivity index (χ0n) is 24.4. The van der Waals surface area contributed by atoms with Crippen LogP contribution in [0, 0.1) is 10.8 Å². The van der Waals surface area contributed by atoms with Crippen LogP contribution in [-0.4, -0.2) is 21.4 Å². The third kappa shape index (κ3) is 5.39. The van der Waals surface area contributed by atoms with Gasteiger partial charge in [0.1, 0.15) is 0 Å². The van der Waals surface area contributed by atoms with Crippen LogP contribution >= 0.6 is 0 Å². The predicted octanol–water partition coefficient (Wildman–Crippen LogP) is 9.53. The first-order chi connectivity index (χ1) is 22.1. The molecule has 7 aromatic rings. The van der Waals surface area contributed by atoms with Crippen molar-refractivity contribution in [2.45, 2.75) is 0 Å². The lowest BCUT2D eigenvalue weighted by Gasteiger charge is -2.19. The number of para-hydroxylation sites is 1. The highest BCUT2D eigenvalue weighted by Gasteiger charge is 2.19. The Hall–Kier alpha value is -6.20. The minimum Gasteiger partial charge on any atom is -0.399 e. The maximum atomic E-state index is 8.18. The second kappa shape index (κ2) is 11.8. The van der Waals surface area contributed by atoms with E-state index in [2.05, 4.69) is 65.6 Å². The van der Waals surface area contributed by atoms with Crippen molar-refractivity contribution >= 4 is 55.1 Å². The van der Waals surface area contributed by atoms with E-state index in [1.807, 2.05) is 73.1 Å². The van der Waals surface area contributed by atoms with E-state index in [4.69, 9.17) is 21.5 Å². The number of nitrogens with zero attached hydrogens (tertiary/aromatic N) is 2. The molecular weight excluding hydrogens is 550 g/mol. The number of rotatable bonds is 3. The molecule has 0 bridgehead atoms. The van der Waals surface area contributed by atoms with E-state index >= 15 is 0 Å². The van der Waals surface area contributed by atoms with E-state index in [-0.39, 0.29) is 11.4 Å². The van der Waals surface area contributed by atoms with Crippen LogP contribution in [0.5, 0.6) is 0 Å². The molecule has 0 radical (unpaired) electrons. The second-order valence-corrected chi connectivity index (χ2v) is 10.9. The van der Waals surface area contributed by atoms with Crippen LogP contribution in [0.1, 0.15) is 5.56 Å². The van der Waals surface area contributed by atoms with Crippen molar-refractivity contribution in [3.05, 3.63) is 158 Å². The number of hydrogen-bond donors (Lipinski definition) is 3. The molecule has 45 heavy (non-hydrogen) atoms. The Morgan fingerprint density at radius 2 is 1.18 bits per heavy atom. The standard InChI is InChI=1S/C29H19N3.C11H10N2/c30-25-14-13-19(16-26(25)31)28-21-8-2-4-10-23(21)29(24-11-5-3-9-22(24)28)20-15-18-7-1-6-12-27(18)32-17-20;12-11-5-3-9(4-6-11)10-2-1-7-13-8-10/h1-17,30-31H;1-8H,12H2. The molecule has 2 heterocycles. The van der Waals surface area contributed by atoms with Gasteiger partial charge in [-0.15, -0.1) is 0 Å². The predicted molar refractivity (Wildman–Crippen MR) is 189 cm³/mol. The van der Waals surface area contributed by atoms with Gasteiger partial charge in [-0.1, -0.05) is 91.0 Å². The average Bonchev–Trinajstić information content (AvgIpc) is 3.09. The first-order valence-electron chi connectivity index (χ1n) is 14.7. The van der Waals surface area contributed by atoms with Crippen molar-refractivity contribution in [3.63, 3.8) is 0 Å². The molecule has 5 nitrogen and oxygen atoms in total. The largest absolute Gasteiger partial charge is 0.399 e. The van der Waals surface area contributed by atoms with Gasteiger partial charge in [0.15, 0.2) is 0 Å². The zero-order valence-corrected chi connectivity index (χ0v) is 24.4. The molecule has 5 aromatic carbocycles. The molecule has 2 aromatic heterocycles. The van der Waals surface area contributed by atoms with E-state index in [9.17, 15) is 0 Å². The quantitative estimate of drug-likeness (QED) is 0.110. The number of fused-ring (bicyclic) bond motifs is 3. The SMILES string of the molecule is N=C1C=CC(c2c3ccccc3c(-c3cnc4ccccc4c3)c3ccccc23)=CC1=N.Nc1ccc(-c2cccnc2)cc1. The van der Waals surface area contributed by atoms with Crippen molar-refractivity contribution in [1.29, 1.82) is 10.8 Å². The number of pyridine rings is 2. The van der Waals surface area contributed by atoms with Gasteiger partial charge in [0.25, 0.3) is 0 Å². The highest BCUT2D eigenvalue weighted by molar-refractivity contribution is 6.50. The summed E-state index contributed by atoms with van der Waals surface area (Å²) in [6.07, 6.45) is 11.0. The second-order valence-electron chi connectivity index (χ2n) is 10.9. The fourth-order valence-electron chi connectivity index (χ4n) is 5.87. The molecule has 0 amide bonds. The topological polar surface area (TPSA) is 99.5 Å². The fraction of sp³-hybridized carbons (Fsp3) is 0. The lowest BCUT2D eigenvalue weighted by atomic mass is 9.84. The molecule has 1 aliphatic rings. The minimum atomic E-state index is 0.235. The molecule has 0 saturated carbocycles. The van der Waals surface area contributed by atoms with Crippen molar-refractivity contribution in [3.8, 4) is 22.3 Å². The van der Waals surface area contributed by atoms with Crippen molar-refractivity contribution < 1.29 is 0 Å². The number of nitrogens with two attached hydrogens (primary N) is 1. The molecular formula is C40H29N5. The summed E-state index contributed by atoms with van der Waals surface area (Å²) in [5, 5.41) is 21.8. The summed E-state index contributed by atoms with van der Waals surface area (Å²) in [7, 11) is 0. The number of hydrogen-bond acceptors (Lipinski definition) is 5. The number of aromatic nitrogens is 2. The van der Waals surface area contributed by atoms with E-state index < -0.39 is 0 Å². The molecule has 4 N–H and O–H groups in total. The lowest BCUT2D eigenvalue weighted by molar-refractivity contribution is 1.33. The Morgan fingerprint density at radius 1 is 0.533 bits per heavy atom. The van der Waals surface area contributed by atoms with Gasteiger partial charge in [-0.3, -0.25) is 20.8 Å². The summed E-state index contributed by atoms with van der Waals surface area (Å²) in [5.74, 6) is 0. The molecule has 0 saturated heterocycles. The zero-order chi connectivity index (χ0) is 30.8. The summed E-state index contributed by atoms with van der Waals surface area (Å²) in [5.41, 5.74) is 14.4. The highest BCUT2D eigenvalue weighted by atomic mass is 14.6. The van der Waals surface area contributed by atoms with Crippen LogP contribution in [0.2, 0.25) is 0 Å². The molecule has 0 atom stereocenters. The average molecular weight is 580 g/mol. The van der Waals surface area contributed by atoms with Crippen LogP contribution in [-0.2, 0) is 0 Å². The molecule has 0 fully saturated rings. The van der Waals surface area contributed by atoms with Crippen molar-refractivity contribution in [2.24, 2.45) is 0 Å². The van der Waals surface area contributed by atoms with Gasteiger partial charge >= 0.3 is 0 Å². The van der Waals surface area contributed by atoms with E-state index in [0.29, 0.717) is 0 Å². The molecule has 0 spiro atoms. The van der Waals surface area contributed by atoms with E-state index in [0.717, 1.165) is 66.0 Å². The normalized spacial score (nSPS) is 12.7. The molecule has 214 valence electrons.